The molecule has 0 saturated carbocycles. The van der Waals surface area contributed by atoms with Crippen LogP contribution >= 0.6 is 0 Å². The molecule has 2 unspecified atom stereocenters. The van der Waals surface area contributed by atoms with Gasteiger partial charge in [0.25, 0.3) is 5.91 Å². The minimum absolute atomic E-state index is 0.0697. The molecule has 2 aliphatic heterocycles. The van der Waals surface area contributed by atoms with Crippen molar-refractivity contribution in [1.82, 2.24) is 9.62 Å². The van der Waals surface area contributed by atoms with E-state index in [4.69, 9.17) is 0 Å². The van der Waals surface area contributed by atoms with Crippen LogP contribution in [0.3, 0.4) is 0 Å². The van der Waals surface area contributed by atoms with Crippen molar-refractivity contribution in [2.45, 2.75) is 23.9 Å². The summed E-state index contributed by atoms with van der Waals surface area (Å²) in [5.41, 5.74) is 1.30. The number of hydrogen-bond acceptors (Lipinski definition) is 4. The molecule has 1 fully saturated rings. The number of sulfonamides is 1. The van der Waals surface area contributed by atoms with Crippen molar-refractivity contribution in [3.8, 4) is 0 Å². The fourth-order valence-electron chi connectivity index (χ4n) is 4.97. The summed E-state index contributed by atoms with van der Waals surface area (Å²) >= 11 is 0. The fourth-order valence-corrected chi connectivity index (χ4v) is 6.62. The summed E-state index contributed by atoms with van der Waals surface area (Å²) in [4.78, 5) is 27.1. The number of benzene rings is 3. The maximum absolute atomic E-state index is 13.6. The molecule has 11 heteroatoms. The molecular weight excluding hydrogens is 531 g/mol. The number of fused-ring (bicyclic) bond motifs is 1. The van der Waals surface area contributed by atoms with Crippen LogP contribution in [-0.2, 0) is 22.6 Å². The van der Waals surface area contributed by atoms with Crippen molar-refractivity contribution in [2.24, 2.45) is 0 Å². The fraction of sp³-hybridized carbons (Fsp3) is 0.214. The molecule has 0 spiro atoms. The smallest absolute Gasteiger partial charge is 0.328 e. The number of halogens is 3. The number of urea groups is 1. The van der Waals surface area contributed by atoms with Gasteiger partial charge in [0.05, 0.1) is 18.2 Å². The van der Waals surface area contributed by atoms with Gasteiger partial charge in [0, 0.05) is 17.8 Å². The zero-order chi connectivity index (χ0) is 27.9. The largest absolute Gasteiger partial charge is 0.416 e. The van der Waals surface area contributed by atoms with Crippen molar-refractivity contribution >= 4 is 27.6 Å². The minimum atomic E-state index is -4.58. The second-order valence-corrected chi connectivity index (χ2v) is 11.3. The zero-order valence-corrected chi connectivity index (χ0v) is 21.4. The van der Waals surface area contributed by atoms with Gasteiger partial charge in [-0.05, 0) is 47.4 Å². The number of rotatable bonds is 6. The maximum atomic E-state index is 13.6. The van der Waals surface area contributed by atoms with Gasteiger partial charge < -0.3 is 10.2 Å². The topological polar surface area (TPSA) is 86.8 Å². The van der Waals surface area contributed by atoms with Crippen molar-refractivity contribution in [3.63, 3.8) is 0 Å². The number of nitrogens with one attached hydrogen (secondary N) is 1. The van der Waals surface area contributed by atoms with Crippen molar-refractivity contribution < 1.29 is 31.2 Å². The van der Waals surface area contributed by atoms with Gasteiger partial charge in [-0.15, -0.1) is 6.58 Å². The predicted octanol–water partition coefficient (Wildman–Crippen LogP) is 5.23. The standard InChI is InChI=1S/C28H24F3N3O4S/c1-2-25(39(37,38)34-17-23(32-27(34)36)18-7-4-3-5-8-18)20-11-12-24-19(15-20)13-14-33(24)26(35)21-9-6-10-22(16-21)28(29,30)31/h2-12,15-16,23,25H,1,13-14,17H2,(H,32,36). The first-order valence-electron chi connectivity index (χ1n) is 12.1. The Kier molecular flexibility index (Phi) is 6.71. The summed E-state index contributed by atoms with van der Waals surface area (Å²) in [6, 6.07) is 16.8. The molecule has 0 aromatic heterocycles. The number of carbonyl (C=O) groups is 2. The summed E-state index contributed by atoms with van der Waals surface area (Å²) < 4.78 is 67.3. The second-order valence-electron chi connectivity index (χ2n) is 9.32. The third kappa shape index (κ3) is 4.89. The SMILES string of the molecule is C=CC(c1ccc2c(c1)CCN2C(=O)c1cccc(C(F)(F)F)c1)S(=O)(=O)N1CC(c2ccccc2)NC1=O. The van der Waals surface area contributed by atoms with E-state index in [1.54, 1.807) is 36.4 Å². The lowest BCUT2D eigenvalue weighted by atomic mass is 10.1. The van der Waals surface area contributed by atoms with Gasteiger partial charge in [0.1, 0.15) is 5.25 Å². The van der Waals surface area contributed by atoms with E-state index < -0.39 is 45.0 Å². The van der Waals surface area contributed by atoms with Crippen LogP contribution in [0.5, 0.6) is 0 Å². The van der Waals surface area contributed by atoms with Gasteiger partial charge in [0.2, 0.25) is 10.0 Å². The van der Waals surface area contributed by atoms with Crippen LogP contribution < -0.4 is 10.2 Å². The van der Waals surface area contributed by atoms with Gasteiger partial charge in [-0.25, -0.2) is 17.5 Å². The molecule has 1 N–H and O–H groups in total. The summed E-state index contributed by atoms with van der Waals surface area (Å²) in [5.74, 6) is -0.582. The quantitative estimate of drug-likeness (QED) is 0.422. The average Bonchev–Trinajstić information content (AvgIpc) is 3.52. The van der Waals surface area contributed by atoms with E-state index in [-0.39, 0.29) is 18.7 Å². The van der Waals surface area contributed by atoms with E-state index in [2.05, 4.69) is 11.9 Å². The first-order valence-corrected chi connectivity index (χ1v) is 13.6. The van der Waals surface area contributed by atoms with Crippen LogP contribution in [0.2, 0.25) is 0 Å². The maximum Gasteiger partial charge on any atom is 0.416 e. The molecule has 3 amide bonds. The van der Waals surface area contributed by atoms with Crippen molar-refractivity contribution in [3.05, 3.63) is 113 Å². The molecule has 2 aliphatic rings. The third-order valence-electron chi connectivity index (χ3n) is 6.93. The van der Waals surface area contributed by atoms with E-state index in [1.165, 1.54) is 29.2 Å². The number of amides is 3. The number of anilines is 1. The summed E-state index contributed by atoms with van der Waals surface area (Å²) in [5, 5.41) is 1.48. The summed E-state index contributed by atoms with van der Waals surface area (Å²) in [6.45, 7) is 3.85. The van der Waals surface area contributed by atoms with Gasteiger partial charge in [-0.2, -0.15) is 13.2 Å². The molecule has 2 atom stereocenters. The number of hydrogen-bond donors (Lipinski definition) is 1. The molecule has 2 heterocycles. The highest BCUT2D eigenvalue weighted by Gasteiger charge is 2.42. The van der Waals surface area contributed by atoms with Crippen LogP contribution in [0.4, 0.5) is 23.7 Å². The minimum Gasteiger partial charge on any atom is -0.328 e. The van der Waals surface area contributed by atoms with Gasteiger partial charge in [0.15, 0.2) is 0 Å². The molecule has 0 radical (unpaired) electrons. The Morgan fingerprint density at radius 3 is 2.49 bits per heavy atom. The monoisotopic (exact) mass is 555 g/mol. The lowest BCUT2D eigenvalue weighted by molar-refractivity contribution is -0.137. The lowest BCUT2D eigenvalue weighted by Gasteiger charge is -2.23. The first kappa shape index (κ1) is 26.5. The molecule has 5 rings (SSSR count). The molecular formula is C28H24F3N3O4S. The molecule has 3 aromatic rings. The van der Waals surface area contributed by atoms with Crippen LogP contribution in [-0.4, -0.2) is 37.8 Å². The predicted molar refractivity (Wildman–Crippen MR) is 140 cm³/mol. The van der Waals surface area contributed by atoms with E-state index in [9.17, 15) is 31.2 Å². The molecule has 202 valence electrons. The average molecular weight is 556 g/mol. The molecule has 1 saturated heterocycles. The van der Waals surface area contributed by atoms with Crippen molar-refractivity contribution in [2.75, 3.05) is 18.0 Å². The van der Waals surface area contributed by atoms with E-state index in [0.29, 0.717) is 23.2 Å². The highest BCUT2D eigenvalue weighted by atomic mass is 32.2. The highest BCUT2D eigenvalue weighted by molar-refractivity contribution is 7.90. The van der Waals surface area contributed by atoms with Crippen LogP contribution in [0.25, 0.3) is 0 Å². The Balaban J connectivity index is 1.39. The molecule has 0 aliphatic carbocycles. The Morgan fingerprint density at radius 1 is 1.05 bits per heavy atom. The van der Waals surface area contributed by atoms with Gasteiger partial charge in [-0.3, -0.25) is 4.79 Å². The van der Waals surface area contributed by atoms with E-state index in [0.717, 1.165) is 22.0 Å². The number of carbonyl (C=O) groups excluding carboxylic acids is 2. The normalized spacial score (nSPS) is 18.0. The molecule has 7 nitrogen and oxygen atoms in total. The Hall–Kier alpha value is -4.12. The zero-order valence-electron chi connectivity index (χ0n) is 20.6. The Bertz CT molecular complexity index is 1560. The molecule has 0 bridgehead atoms. The summed E-state index contributed by atoms with van der Waals surface area (Å²) in [6.07, 6.45) is -2.94. The lowest BCUT2D eigenvalue weighted by Crippen LogP contribution is -2.37. The highest BCUT2D eigenvalue weighted by Crippen LogP contribution is 2.37. The summed E-state index contributed by atoms with van der Waals surface area (Å²) in [7, 11) is -4.19. The molecule has 39 heavy (non-hydrogen) atoms. The van der Waals surface area contributed by atoms with Crippen LogP contribution in [0.1, 0.15) is 43.9 Å². The van der Waals surface area contributed by atoms with Crippen LogP contribution in [0, 0.1) is 0 Å². The first-order chi connectivity index (χ1) is 18.5. The van der Waals surface area contributed by atoms with Crippen LogP contribution in [0.15, 0.2) is 85.5 Å². The number of alkyl halides is 3. The van der Waals surface area contributed by atoms with E-state index in [1.807, 2.05) is 6.07 Å². The Labute approximate surface area is 223 Å². The second kappa shape index (κ2) is 9.88. The van der Waals surface area contributed by atoms with Gasteiger partial charge >= 0.3 is 12.2 Å². The third-order valence-corrected chi connectivity index (χ3v) is 8.96. The number of nitrogens with zero attached hydrogens (tertiary/aromatic N) is 2. The van der Waals surface area contributed by atoms with Crippen molar-refractivity contribution in [1.29, 1.82) is 0 Å². The van der Waals surface area contributed by atoms with E-state index >= 15 is 0 Å². The van der Waals surface area contributed by atoms with Gasteiger partial charge in [-0.1, -0.05) is 54.6 Å². The molecule has 3 aromatic carbocycles. The Morgan fingerprint density at radius 2 is 1.79 bits per heavy atom.